The largest absolute Gasteiger partial charge is 0.272 e. The molecular weight excluding hydrogens is 226 g/mol. The fourth-order valence-electron chi connectivity index (χ4n) is 2.35. The Labute approximate surface area is 104 Å². The first-order valence-corrected chi connectivity index (χ1v) is 5.73. The first-order valence-electron chi connectivity index (χ1n) is 5.73. The summed E-state index contributed by atoms with van der Waals surface area (Å²) in [6, 6.07) is 15.5. The van der Waals surface area contributed by atoms with Gasteiger partial charge in [0.15, 0.2) is 0 Å². The van der Waals surface area contributed by atoms with Crippen molar-refractivity contribution in [1.82, 2.24) is 0 Å². The maximum absolute atomic E-state index is 10.9. The van der Waals surface area contributed by atoms with Crippen LogP contribution < -0.4 is 0 Å². The number of hydrogen-bond donors (Lipinski definition) is 0. The van der Waals surface area contributed by atoms with Gasteiger partial charge in [0.2, 0.25) is 0 Å². The molecule has 0 aliphatic carbocycles. The minimum absolute atomic E-state index is 0.179. The van der Waals surface area contributed by atoms with Crippen molar-refractivity contribution in [1.29, 1.82) is 0 Å². The van der Waals surface area contributed by atoms with E-state index < -0.39 is 0 Å². The molecule has 18 heavy (non-hydrogen) atoms. The molecule has 0 spiro atoms. The van der Waals surface area contributed by atoms with E-state index >= 15 is 0 Å². The van der Waals surface area contributed by atoms with E-state index in [-0.39, 0.29) is 10.6 Å². The lowest BCUT2D eigenvalue weighted by Crippen LogP contribution is -1.92. The summed E-state index contributed by atoms with van der Waals surface area (Å²) in [6.07, 6.45) is 0. The molecule has 0 unspecified atom stereocenters. The molecule has 0 fully saturated rings. The summed E-state index contributed by atoms with van der Waals surface area (Å²) in [7, 11) is 0. The smallest absolute Gasteiger partial charge is 0.258 e. The molecule has 0 saturated heterocycles. The lowest BCUT2D eigenvalue weighted by Gasteiger charge is -2.05. The van der Waals surface area contributed by atoms with Crippen molar-refractivity contribution in [2.75, 3.05) is 0 Å². The molecule has 0 radical (unpaired) electrons. The van der Waals surface area contributed by atoms with Crippen LogP contribution in [0.15, 0.2) is 48.5 Å². The highest BCUT2D eigenvalue weighted by Crippen LogP contribution is 2.30. The maximum atomic E-state index is 10.9. The minimum Gasteiger partial charge on any atom is -0.258 e. The molecule has 0 bridgehead atoms. The zero-order chi connectivity index (χ0) is 12.7. The van der Waals surface area contributed by atoms with Gasteiger partial charge in [0.1, 0.15) is 0 Å². The molecule has 3 heteroatoms. The molecule has 0 atom stereocenters. The maximum Gasteiger partial charge on any atom is 0.272 e. The number of rotatable bonds is 1. The normalized spacial score (nSPS) is 10.9. The Morgan fingerprint density at radius 3 is 2.28 bits per heavy atom. The molecule has 0 aromatic heterocycles. The minimum atomic E-state index is -0.329. The third-order valence-corrected chi connectivity index (χ3v) is 3.32. The molecule has 0 aliphatic rings. The fraction of sp³-hybridized carbons (Fsp3) is 0.0667. The SMILES string of the molecule is Cc1c([N+](=O)[O-])ccc2cc3ccccc3cc12. The van der Waals surface area contributed by atoms with Crippen LogP contribution in [-0.4, -0.2) is 4.92 Å². The highest BCUT2D eigenvalue weighted by molar-refractivity contribution is 6.00. The van der Waals surface area contributed by atoms with Gasteiger partial charge >= 0.3 is 0 Å². The number of nitro benzene ring substituents is 1. The molecule has 0 N–H and O–H groups in total. The summed E-state index contributed by atoms with van der Waals surface area (Å²) in [6.45, 7) is 1.80. The number of fused-ring (bicyclic) bond motifs is 2. The van der Waals surface area contributed by atoms with Gasteiger partial charge in [-0.05, 0) is 46.7 Å². The Morgan fingerprint density at radius 1 is 0.944 bits per heavy atom. The fourth-order valence-corrected chi connectivity index (χ4v) is 2.35. The monoisotopic (exact) mass is 237 g/mol. The third kappa shape index (κ3) is 1.52. The highest BCUT2D eigenvalue weighted by atomic mass is 16.6. The second kappa shape index (κ2) is 3.81. The molecule has 3 aromatic carbocycles. The zero-order valence-corrected chi connectivity index (χ0v) is 9.88. The van der Waals surface area contributed by atoms with Gasteiger partial charge in [-0.1, -0.05) is 24.3 Å². The Kier molecular flexibility index (Phi) is 2.27. The summed E-state index contributed by atoms with van der Waals surface area (Å²) in [5.74, 6) is 0. The van der Waals surface area contributed by atoms with Crippen molar-refractivity contribution in [2.24, 2.45) is 0 Å². The quantitative estimate of drug-likeness (QED) is 0.361. The first kappa shape index (κ1) is 10.7. The van der Waals surface area contributed by atoms with Crippen LogP contribution in [0.2, 0.25) is 0 Å². The third-order valence-electron chi connectivity index (χ3n) is 3.32. The van der Waals surface area contributed by atoms with Gasteiger partial charge in [-0.3, -0.25) is 10.1 Å². The van der Waals surface area contributed by atoms with Crippen molar-refractivity contribution < 1.29 is 4.92 Å². The average molecular weight is 237 g/mol. The van der Waals surface area contributed by atoms with Crippen LogP contribution >= 0.6 is 0 Å². The summed E-state index contributed by atoms with van der Waals surface area (Å²) >= 11 is 0. The molecule has 88 valence electrons. The molecule has 3 aromatic rings. The van der Waals surface area contributed by atoms with E-state index in [0.717, 1.165) is 27.1 Å². The van der Waals surface area contributed by atoms with Crippen LogP contribution in [0.3, 0.4) is 0 Å². The van der Waals surface area contributed by atoms with Crippen molar-refractivity contribution in [3.63, 3.8) is 0 Å². The average Bonchev–Trinajstić information content (AvgIpc) is 2.37. The van der Waals surface area contributed by atoms with Crippen LogP contribution in [0.5, 0.6) is 0 Å². The molecule has 0 saturated carbocycles. The van der Waals surface area contributed by atoms with Gasteiger partial charge in [-0.15, -0.1) is 0 Å². The number of hydrogen-bond acceptors (Lipinski definition) is 2. The summed E-state index contributed by atoms with van der Waals surface area (Å²) in [5.41, 5.74) is 0.904. The van der Waals surface area contributed by atoms with Gasteiger partial charge in [0, 0.05) is 11.6 Å². The molecule has 3 rings (SSSR count). The summed E-state index contributed by atoms with van der Waals surface area (Å²) < 4.78 is 0. The van der Waals surface area contributed by atoms with Crippen LogP contribution in [0.1, 0.15) is 5.56 Å². The van der Waals surface area contributed by atoms with Gasteiger partial charge in [-0.25, -0.2) is 0 Å². The van der Waals surface area contributed by atoms with Crippen molar-refractivity contribution in [2.45, 2.75) is 6.92 Å². The standard InChI is InChI=1S/C15H11NO2/c1-10-14-9-12-5-3-2-4-11(12)8-13(14)6-7-15(10)16(17)18/h2-9H,1H3. The zero-order valence-electron chi connectivity index (χ0n) is 9.88. The number of nitrogens with zero attached hydrogens (tertiary/aromatic N) is 1. The van der Waals surface area contributed by atoms with Gasteiger partial charge < -0.3 is 0 Å². The van der Waals surface area contributed by atoms with Crippen LogP contribution in [-0.2, 0) is 0 Å². The molecule has 0 heterocycles. The number of nitro groups is 1. The second-order valence-corrected chi connectivity index (χ2v) is 4.39. The Balaban J connectivity index is 2.44. The van der Waals surface area contributed by atoms with E-state index in [2.05, 4.69) is 6.07 Å². The van der Waals surface area contributed by atoms with Crippen LogP contribution in [0, 0.1) is 17.0 Å². The summed E-state index contributed by atoms with van der Waals surface area (Å²) in [5, 5.41) is 15.2. The number of benzene rings is 3. The van der Waals surface area contributed by atoms with E-state index in [4.69, 9.17) is 0 Å². The Morgan fingerprint density at radius 2 is 1.61 bits per heavy atom. The van der Waals surface area contributed by atoms with E-state index in [1.54, 1.807) is 13.0 Å². The summed E-state index contributed by atoms with van der Waals surface area (Å²) in [4.78, 5) is 10.6. The van der Waals surface area contributed by atoms with Gasteiger partial charge in [0.25, 0.3) is 5.69 Å². The molecular formula is C15H11NO2. The van der Waals surface area contributed by atoms with Crippen LogP contribution in [0.25, 0.3) is 21.5 Å². The molecule has 0 aliphatic heterocycles. The van der Waals surface area contributed by atoms with E-state index in [0.29, 0.717) is 0 Å². The van der Waals surface area contributed by atoms with Crippen molar-refractivity contribution >= 4 is 27.2 Å². The predicted octanol–water partition coefficient (Wildman–Crippen LogP) is 4.21. The van der Waals surface area contributed by atoms with Gasteiger partial charge in [-0.2, -0.15) is 0 Å². The van der Waals surface area contributed by atoms with Gasteiger partial charge in [0.05, 0.1) is 4.92 Å². The Bertz CT molecular complexity index is 778. The Hall–Kier alpha value is -2.42. The van der Waals surface area contributed by atoms with Crippen molar-refractivity contribution in [3.05, 3.63) is 64.2 Å². The highest BCUT2D eigenvalue weighted by Gasteiger charge is 2.13. The predicted molar refractivity (Wildman–Crippen MR) is 72.8 cm³/mol. The van der Waals surface area contributed by atoms with E-state index in [9.17, 15) is 10.1 Å². The molecule has 0 amide bonds. The molecule has 3 nitrogen and oxygen atoms in total. The first-order chi connectivity index (χ1) is 8.66. The number of aryl methyl sites for hydroxylation is 1. The van der Waals surface area contributed by atoms with Crippen LogP contribution in [0.4, 0.5) is 5.69 Å². The van der Waals surface area contributed by atoms with E-state index in [1.165, 1.54) is 0 Å². The van der Waals surface area contributed by atoms with E-state index in [1.807, 2.05) is 36.4 Å². The lowest BCUT2D eigenvalue weighted by atomic mass is 9.99. The lowest BCUT2D eigenvalue weighted by molar-refractivity contribution is -0.385. The second-order valence-electron chi connectivity index (χ2n) is 4.39. The van der Waals surface area contributed by atoms with Crippen molar-refractivity contribution in [3.8, 4) is 0 Å². The topological polar surface area (TPSA) is 43.1 Å².